The van der Waals surface area contributed by atoms with Gasteiger partial charge in [-0.2, -0.15) is 10.2 Å². The lowest BCUT2D eigenvalue weighted by atomic mass is 10.1. The van der Waals surface area contributed by atoms with E-state index in [1.54, 1.807) is 46.1 Å². The number of carbonyl (C=O) groups is 3. The summed E-state index contributed by atoms with van der Waals surface area (Å²) in [5.41, 5.74) is 2.73. The molecule has 0 radical (unpaired) electrons. The first-order chi connectivity index (χ1) is 16.5. The van der Waals surface area contributed by atoms with Crippen molar-refractivity contribution in [1.82, 2.24) is 29.4 Å². The van der Waals surface area contributed by atoms with Gasteiger partial charge in [-0.15, -0.1) is 0 Å². The van der Waals surface area contributed by atoms with Crippen molar-refractivity contribution in [3.05, 3.63) is 28.3 Å². The molecular formula is C23H34ClN7O4. The number of aromatic nitrogens is 4. The molecule has 11 nitrogen and oxygen atoms in total. The minimum Gasteiger partial charge on any atom is -0.450 e. The van der Waals surface area contributed by atoms with Crippen LogP contribution < -0.4 is 5.32 Å². The van der Waals surface area contributed by atoms with E-state index in [4.69, 9.17) is 16.3 Å². The minimum atomic E-state index is -0.553. The summed E-state index contributed by atoms with van der Waals surface area (Å²) in [6, 6.07) is -0.553. The van der Waals surface area contributed by atoms with Crippen LogP contribution in [0.5, 0.6) is 0 Å². The average molecular weight is 508 g/mol. The van der Waals surface area contributed by atoms with Gasteiger partial charge in [0.05, 0.1) is 46.9 Å². The topological polar surface area (TPSA) is 115 Å². The zero-order valence-corrected chi connectivity index (χ0v) is 21.9. The smallest absolute Gasteiger partial charge is 0.409 e. The molecule has 3 rings (SSSR count). The van der Waals surface area contributed by atoms with Crippen molar-refractivity contribution in [1.29, 1.82) is 0 Å². The molecule has 192 valence electrons. The summed E-state index contributed by atoms with van der Waals surface area (Å²) in [6.07, 6.45) is 1.32. The lowest BCUT2D eigenvalue weighted by Gasteiger charge is -2.35. The number of halogens is 1. The highest BCUT2D eigenvalue weighted by molar-refractivity contribution is 6.31. The largest absolute Gasteiger partial charge is 0.450 e. The summed E-state index contributed by atoms with van der Waals surface area (Å²) in [4.78, 5) is 41.1. The number of nitrogens with one attached hydrogen (secondary N) is 1. The van der Waals surface area contributed by atoms with Crippen molar-refractivity contribution in [2.24, 2.45) is 5.92 Å². The van der Waals surface area contributed by atoms with Crippen molar-refractivity contribution in [3.8, 4) is 0 Å². The Bertz CT molecular complexity index is 1090. The maximum absolute atomic E-state index is 13.0. The fraction of sp³-hybridized carbons (Fsp3) is 0.609. The summed E-state index contributed by atoms with van der Waals surface area (Å²) in [6.45, 7) is 13.3. The number of hydrogen-bond acceptors (Lipinski definition) is 6. The van der Waals surface area contributed by atoms with E-state index in [-0.39, 0.29) is 23.8 Å². The Morgan fingerprint density at radius 2 is 1.69 bits per heavy atom. The summed E-state index contributed by atoms with van der Waals surface area (Å²) in [5.74, 6) is -0.629. The molecule has 1 N–H and O–H groups in total. The summed E-state index contributed by atoms with van der Waals surface area (Å²) in [5, 5.41) is 12.4. The van der Waals surface area contributed by atoms with E-state index in [1.165, 1.54) is 0 Å². The average Bonchev–Trinajstić information content (AvgIpc) is 3.32. The predicted molar refractivity (Wildman–Crippen MR) is 131 cm³/mol. The van der Waals surface area contributed by atoms with Crippen molar-refractivity contribution in [3.63, 3.8) is 0 Å². The Hall–Kier alpha value is -3.08. The number of amides is 3. The van der Waals surface area contributed by atoms with Crippen LogP contribution in [-0.2, 0) is 20.9 Å². The SMILES string of the molecule is CCOC(=O)N1CCN(C(=O)C(C)n2cc(NC(=O)C(C)Cn3nc(C)c(Cl)c3C)c(C)n2)CC1. The van der Waals surface area contributed by atoms with Gasteiger partial charge in [0.1, 0.15) is 6.04 Å². The molecule has 12 heteroatoms. The zero-order valence-electron chi connectivity index (χ0n) is 21.2. The standard InChI is InChI=1S/C23H34ClN7O4/c1-7-35-23(34)29-10-8-28(9-11-29)22(33)18(6)31-13-19(15(3)26-31)25-21(32)14(2)12-30-17(5)20(24)16(4)27-30/h13-14,18H,7-12H2,1-6H3,(H,25,32). The number of ether oxygens (including phenoxy) is 1. The number of carbonyl (C=O) groups excluding carboxylic acids is 3. The number of rotatable bonds is 7. The summed E-state index contributed by atoms with van der Waals surface area (Å²) < 4.78 is 8.33. The van der Waals surface area contributed by atoms with Gasteiger partial charge < -0.3 is 19.9 Å². The van der Waals surface area contributed by atoms with Crippen LogP contribution in [0.3, 0.4) is 0 Å². The van der Waals surface area contributed by atoms with Crippen LogP contribution in [0.2, 0.25) is 5.02 Å². The van der Waals surface area contributed by atoms with Crippen LogP contribution in [0.15, 0.2) is 6.20 Å². The van der Waals surface area contributed by atoms with E-state index in [0.717, 1.165) is 11.4 Å². The summed E-state index contributed by atoms with van der Waals surface area (Å²) in [7, 11) is 0. The Kier molecular flexibility index (Phi) is 8.42. The second-order valence-corrected chi connectivity index (χ2v) is 9.23. The highest BCUT2D eigenvalue weighted by Gasteiger charge is 2.29. The lowest BCUT2D eigenvalue weighted by Crippen LogP contribution is -2.52. The molecule has 3 amide bonds. The number of aryl methyl sites for hydroxylation is 2. The van der Waals surface area contributed by atoms with Gasteiger partial charge in [0.2, 0.25) is 11.8 Å². The van der Waals surface area contributed by atoms with Crippen molar-refractivity contribution in [2.45, 2.75) is 54.1 Å². The molecule has 0 spiro atoms. The first-order valence-corrected chi connectivity index (χ1v) is 12.2. The predicted octanol–water partition coefficient (Wildman–Crippen LogP) is 2.79. The number of nitrogens with zero attached hydrogens (tertiary/aromatic N) is 6. The molecule has 2 aromatic rings. The molecule has 1 fully saturated rings. The molecular weight excluding hydrogens is 474 g/mol. The lowest BCUT2D eigenvalue weighted by molar-refractivity contribution is -0.136. The maximum Gasteiger partial charge on any atom is 0.409 e. The van der Waals surface area contributed by atoms with E-state index < -0.39 is 6.04 Å². The van der Waals surface area contributed by atoms with Crippen LogP contribution in [0, 0.1) is 26.7 Å². The van der Waals surface area contributed by atoms with Crippen LogP contribution in [0.1, 0.15) is 43.9 Å². The third kappa shape index (κ3) is 5.95. The molecule has 0 aliphatic carbocycles. The highest BCUT2D eigenvalue weighted by Crippen LogP contribution is 2.22. The van der Waals surface area contributed by atoms with Gasteiger partial charge in [0.25, 0.3) is 0 Å². The van der Waals surface area contributed by atoms with Crippen LogP contribution in [0.4, 0.5) is 10.5 Å². The second kappa shape index (κ2) is 11.1. The molecule has 2 aromatic heterocycles. The summed E-state index contributed by atoms with van der Waals surface area (Å²) >= 11 is 6.21. The third-order valence-electron chi connectivity index (χ3n) is 6.23. The van der Waals surface area contributed by atoms with Crippen molar-refractivity contribution in [2.75, 3.05) is 38.1 Å². The van der Waals surface area contributed by atoms with Gasteiger partial charge in [-0.05, 0) is 34.6 Å². The molecule has 0 bridgehead atoms. The first-order valence-electron chi connectivity index (χ1n) is 11.8. The quantitative estimate of drug-likeness (QED) is 0.616. The zero-order chi connectivity index (χ0) is 25.9. The molecule has 1 aliphatic rings. The molecule has 0 aromatic carbocycles. The minimum absolute atomic E-state index is 0.0938. The number of piperazine rings is 1. The van der Waals surface area contributed by atoms with Crippen LogP contribution >= 0.6 is 11.6 Å². The molecule has 1 saturated heterocycles. The Labute approximate surface area is 210 Å². The first kappa shape index (κ1) is 26.5. The van der Waals surface area contributed by atoms with Crippen LogP contribution in [-0.4, -0.2) is 80.1 Å². The third-order valence-corrected chi connectivity index (χ3v) is 6.78. The van der Waals surface area contributed by atoms with E-state index >= 15 is 0 Å². The van der Waals surface area contributed by atoms with Gasteiger partial charge in [0.15, 0.2) is 0 Å². The number of anilines is 1. The van der Waals surface area contributed by atoms with Gasteiger partial charge >= 0.3 is 6.09 Å². The molecule has 0 saturated carbocycles. The molecule has 2 unspecified atom stereocenters. The van der Waals surface area contributed by atoms with Crippen LogP contribution in [0.25, 0.3) is 0 Å². The monoisotopic (exact) mass is 507 g/mol. The Balaban J connectivity index is 1.59. The van der Waals surface area contributed by atoms with Gasteiger partial charge in [-0.1, -0.05) is 18.5 Å². The van der Waals surface area contributed by atoms with E-state index in [2.05, 4.69) is 15.5 Å². The van der Waals surface area contributed by atoms with Gasteiger partial charge in [-0.25, -0.2) is 4.79 Å². The molecule has 2 atom stereocenters. The normalized spacial score (nSPS) is 15.6. The fourth-order valence-corrected chi connectivity index (χ4v) is 4.09. The van der Waals surface area contributed by atoms with E-state index in [1.807, 2.05) is 20.8 Å². The number of hydrogen-bond donors (Lipinski definition) is 1. The highest BCUT2D eigenvalue weighted by atomic mass is 35.5. The van der Waals surface area contributed by atoms with Gasteiger partial charge in [0, 0.05) is 32.4 Å². The Morgan fingerprint density at radius 3 is 2.26 bits per heavy atom. The van der Waals surface area contributed by atoms with Crippen molar-refractivity contribution >= 4 is 35.2 Å². The van der Waals surface area contributed by atoms with E-state index in [9.17, 15) is 14.4 Å². The fourth-order valence-electron chi connectivity index (χ4n) is 3.96. The second-order valence-electron chi connectivity index (χ2n) is 8.85. The molecule has 35 heavy (non-hydrogen) atoms. The molecule has 1 aliphatic heterocycles. The Morgan fingerprint density at radius 1 is 1.06 bits per heavy atom. The van der Waals surface area contributed by atoms with Gasteiger partial charge in [-0.3, -0.25) is 19.0 Å². The maximum atomic E-state index is 13.0. The van der Waals surface area contributed by atoms with E-state index in [0.29, 0.717) is 55.7 Å². The van der Waals surface area contributed by atoms with Crippen molar-refractivity contribution < 1.29 is 19.1 Å². The molecule has 3 heterocycles.